The molecule has 0 spiro atoms. The summed E-state index contributed by atoms with van der Waals surface area (Å²) in [5.74, 6) is -1.86. The Morgan fingerprint density at radius 1 is 0.964 bits per heavy atom. The zero-order chi connectivity index (χ0) is 19.8. The molecule has 28 heavy (non-hydrogen) atoms. The van der Waals surface area contributed by atoms with Crippen molar-refractivity contribution in [2.75, 3.05) is 12.3 Å². The predicted octanol–water partition coefficient (Wildman–Crippen LogP) is 4.24. The van der Waals surface area contributed by atoms with Crippen LogP contribution in [0.15, 0.2) is 60.7 Å². The molecule has 140 valence electrons. The second kappa shape index (κ2) is 6.85. The predicted molar refractivity (Wildman–Crippen MR) is 107 cm³/mol. The lowest BCUT2D eigenvalue weighted by atomic mass is 9.98. The number of hydrogen-bond acceptors (Lipinski definition) is 4. The third-order valence-electron chi connectivity index (χ3n) is 5.12. The molecule has 0 heterocycles. The topological polar surface area (TPSA) is 89.6 Å². The SMILES string of the molecule is Cc1cc(C(=O)O)c(N)c(C(=O)OCC2c3ccccc3-c3ccccc32)c1. The molecule has 0 saturated carbocycles. The summed E-state index contributed by atoms with van der Waals surface area (Å²) in [6.07, 6.45) is 0. The molecule has 5 heteroatoms. The van der Waals surface area contributed by atoms with Gasteiger partial charge in [0, 0.05) is 5.92 Å². The fraction of sp³-hybridized carbons (Fsp3) is 0.130. The fourth-order valence-corrected chi connectivity index (χ4v) is 3.82. The summed E-state index contributed by atoms with van der Waals surface area (Å²) in [5, 5.41) is 9.29. The quantitative estimate of drug-likeness (QED) is 0.527. The molecule has 0 aromatic heterocycles. The van der Waals surface area contributed by atoms with E-state index in [9.17, 15) is 14.7 Å². The number of benzene rings is 3. The van der Waals surface area contributed by atoms with Crippen molar-refractivity contribution in [2.24, 2.45) is 0 Å². The summed E-state index contributed by atoms with van der Waals surface area (Å²) in [4.78, 5) is 24.0. The molecule has 4 rings (SSSR count). The number of carbonyl (C=O) groups is 2. The van der Waals surface area contributed by atoms with Crippen molar-refractivity contribution in [1.82, 2.24) is 0 Å². The monoisotopic (exact) mass is 373 g/mol. The van der Waals surface area contributed by atoms with Gasteiger partial charge in [-0.2, -0.15) is 0 Å². The number of nitrogens with two attached hydrogens (primary N) is 1. The van der Waals surface area contributed by atoms with E-state index in [2.05, 4.69) is 12.1 Å². The van der Waals surface area contributed by atoms with Gasteiger partial charge in [0.15, 0.2) is 0 Å². The Balaban J connectivity index is 1.62. The summed E-state index contributed by atoms with van der Waals surface area (Å²) in [7, 11) is 0. The van der Waals surface area contributed by atoms with E-state index in [1.54, 1.807) is 13.0 Å². The number of carboxylic acids is 1. The molecule has 0 saturated heterocycles. The first-order chi connectivity index (χ1) is 13.5. The van der Waals surface area contributed by atoms with E-state index in [0.717, 1.165) is 22.3 Å². The van der Waals surface area contributed by atoms with E-state index < -0.39 is 11.9 Å². The molecule has 0 aliphatic heterocycles. The van der Waals surface area contributed by atoms with Gasteiger partial charge < -0.3 is 15.6 Å². The number of fused-ring (bicyclic) bond motifs is 3. The van der Waals surface area contributed by atoms with Crippen LogP contribution in [-0.2, 0) is 4.74 Å². The number of rotatable bonds is 4. The van der Waals surface area contributed by atoms with Crippen molar-refractivity contribution >= 4 is 17.6 Å². The highest BCUT2D eigenvalue weighted by Gasteiger charge is 2.29. The largest absolute Gasteiger partial charge is 0.478 e. The highest BCUT2D eigenvalue weighted by atomic mass is 16.5. The van der Waals surface area contributed by atoms with E-state index >= 15 is 0 Å². The fourth-order valence-electron chi connectivity index (χ4n) is 3.82. The smallest absolute Gasteiger partial charge is 0.340 e. The molecule has 1 aliphatic rings. The molecule has 0 amide bonds. The van der Waals surface area contributed by atoms with Crippen molar-refractivity contribution in [3.05, 3.63) is 88.5 Å². The molecule has 0 unspecified atom stereocenters. The van der Waals surface area contributed by atoms with Crippen LogP contribution in [0.1, 0.15) is 43.3 Å². The summed E-state index contributed by atoms with van der Waals surface area (Å²) in [6.45, 7) is 1.87. The first-order valence-corrected chi connectivity index (χ1v) is 8.96. The van der Waals surface area contributed by atoms with Gasteiger partial charge in [-0.05, 0) is 46.9 Å². The van der Waals surface area contributed by atoms with Crippen molar-refractivity contribution < 1.29 is 19.4 Å². The minimum Gasteiger partial charge on any atom is -0.478 e. The van der Waals surface area contributed by atoms with Crippen LogP contribution < -0.4 is 5.73 Å². The third-order valence-corrected chi connectivity index (χ3v) is 5.12. The molecule has 3 aromatic carbocycles. The van der Waals surface area contributed by atoms with Crippen molar-refractivity contribution in [2.45, 2.75) is 12.8 Å². The van der Waals surface area contributed by atoms with Gasteiger partial charge >= 0.3 is 11.9 Å². The van der Waals surface area contributed by atoms with E-state index in [-0.39, 0.29) is 29.3 Å². The molecule has 5 nitrogen and oxygen atoms in total. The summed E-state index contributed by atoms with van der Waals surface area (Å²) < 4.78 is 5.58. The lowest BCUT2D eigenvalue weighted by Crippen LogP contribution is -2.16. The molecular weight excluding hydrogens is 354 g/mol. The Hall–Kier alpha value is -3.60. The molecule has 0 atom stereocenters. The van der Waals surface area contributed by atoms with E-state index in [4.69, 9.17) is 10.5 Å². The second-order valence-electron chi connectivity index (χ2n) is 6.90. The molecule has 1 aliphatic carbocycles. The average molecular weight is 373 g/mol. The molecule has 3 aromatic rings. The standard InChI is InChI=1S/C23H19NO4/c1-13-10-18(22(25)26)21(24)19(11-13)23(27)28-12-20-16-8-4-2-6-14(16)15-7-3-5-9-17(15)20/h2-11,20H,12,24H2,1H3,(H,25,26). The highest BCUT2D eigenvalue weighted by Crippen LogP contribution is 2.44. The van der Waals surface area contributed by atoms with Crippen LogP contribution in [0.5, 0.6) is 0 Å². The van der Waals surface area contributed by atoms with Gasteiger partial charge in [0.05, 0.1) is 16.8 Å². The molecule has 0 fully saturated rings. The normalized spacial score (nSPS) is 12.3. The van der Waals surface area contributed by atoms with E-state index in [1.165, 1.54) is 6.07 Å². The Kier molecular flexibility index (Phi) is 4.35. The van der Waals surface area contributed by atoms with Gasteiger partial charge in [-0.15, -0.1) is 0 Å². The summed E-state index contributed by atoms with van der Waals surface area (Å²) in [6, 6.07) is 19.1. The minimum atomic E-state index is -1.17. The van der Waals surface area contributed by atoms with Crippen LogP contribution in [0, 0.1) is 6.92 Å². The summed E-state index contributed by atoms with van der Waals surface area (Å²) >= 11 is 0. The maximum absolute atomic E-state index is 12.7. The van der Waals surface area contributed by atoms with Gasteiger partial charge in [0.1, 0.15) is 6.61 Å². The van der Waals surface area contributed by atoms with Crippen LogP contribution in [-0.4, -0.2) is 23.7 Å². The molecule has 0 bridgehead atoms. The molecule has 0 radical (unpaired) electrons. The number of hydrogen-bond donors (Lipinski definition) is 2. The van der Waals surface area contributed by atoms with Gasteiger partial charge in [-0.1, -0.05) is 48.5 Å². The third kappa shape index (κ3) is 2.91. The zero-order valence-electron chi connectivity index (χ0n) is 15.3. The number of nitrogen functional groups attached to an aromatic ring is 1. The number of carboxylic acid groups (broad SMARTS) is 1. The lowest BCUT2D eigenvalue weighted by molar-refractivity contribution is 0.0494. The molecule has 3 N–H and O–H groups in total. The first-order valence-electron chi connectivity index (χ1n) is 8.96. The Labute approximate surface area is 162 Å². The first kappa shape index (κ1) is 17.8. The number of ether oxygens (including phenoxy) is 1. The van der Waals surface area contributed by atoms with E-state index in [0.29, 0.717) is 5.56 Å². The second-order valence-corrected chi connectivity index (χ2v) is 6.90. The number of anilines is 1. The number of esters is 1. The lowest BCUT2D eigenvalue weighted by Gasteiger charge is -2.15. The van der Waals surface area contributed by atoms with Crippen molar-refractivity contribution in [3.8, 4) is 11.1 Å². The van der Waals surface area contributed by atoms with Crippen LogP contribution in [0.4, 0.5) is 5.69 Å². The van der Waals surface area contributed by atoms with Gasteiger partial charge in [0.25, 0.3) is 0 Å². The van der Waals surface area contributed by atoms with Gasteiger partial charge in [-0.3, -0.25) is 0 Å². The van der Waals surface area contributed by atoms with E-state index in [1.807, 2.05) is 36.4 Å². The van der Waals surface area contributed by atoms with Crippen LogP contribution in [0.3, 0.4) is 0 Å². The number of aromatic carboxylic acids is 1. The maximum Gasteiger partial charge on any atom is 0.340 e. The minimum absolute atomic E-state index is 0.0682. The Bertz CT molecular complexity index is 1060. The molecular formula is C23H19NO4. The Morgan fingerprint density at radius 3 is 2.07 bits per heavy atom. The van der Waals surface area contributed by atoms with Gasteiger partial charge in [-0.25, -0.2) is 9.59 Å². The highest BCUT2D eigenvalue weighted by molar-refractivity contribution is 6.03. The van der Waals surface area contributed by atoms with Gasteiger partial charge in [0.2, 0.25) is 0 Å². The van der Waals surface area contributed by atoms with Crippen LogP contribution in [0.25, 0.3) is 11.1 Å². The Morgan fingerprint density at radius 2 is 1.50 bits per heavy atom. The zero-order valence-corrected chi connectivity index (χ0v) is 15.3. The van der Waals surface area contributed by atoms with Crippen LogP contribution >= 0.6 is 0 Å². The number of carbonyl (C=O) groups excluding carboxylic acids is 1. The van der Waals surface area contributed by atoms with Crippen molar-refractivity contribution in [1.29, 1.82) is 0 Å². The number of aryl methyl sites for hydroxylation is 1. The maximum atomic E-state index is 12.7. The average Bonchev–Trinajstić information content (AvgIpc) is 3.01. The van der Waals surface area contributed by atoms with Crippen molar-refractivity contribution in [3.63, 3.8) is 0 Å². The van der Waals surface area contributed by atoms with Crippen LogP contribution in [0.2, 0.25) is 0 Å². The summed E-state index contributed by atoms with van der Waals surface area (Å²) in [5.41, 5.74) is 11.0.